The van der Waals surface area contributed by atoms with E-state index >= 15 is 0 Å². The van der Waals surface area contributed by atoms with Gasteiger partial charge in [0.2, 0.25) is 0 Å². The van der Waals surface area contributed by atoms with Crippen molar-refractivity contribution < 1.29 is 19.0 Å². The third-order valence-electron chi connectivity index (χ3n) is 5.20. The van der Waals surface area contributed by atoms with Gasteiger partial charge in [0.15, 0.2) is 0 Å². The lowest BCUT2D eigenvalue weighted by Gasteiger charge is -2.26. The van der Waals surface area contributed by atoms with Gasteiger partial charge >= 0.3 is 0 Å². The molecular weight excluding hydrogens is 373 g/mol. The third kappa shape index (κ3) is 3.38. The normalized spacial score (nSPS) is 15.8. The highest BCUT2D eigenvalue weighted by Gasteiger charge is 2.42. The molecule has 1 aromatic heterocycles. The van der Waals surface area contributed by atoms with Gasteiger partial charge in [0, 0.05) is 31.4 Å². The number of hydrogen-bond acceptors (Lipinski definition) is 4. The zero-order valence-corrected chi connectivity index (χ0v) is 16.3. The van der Waals surface area contributed by atoms with Gasteiger partial charge < -0.3 is 14.7 Å². The molecule has 0 unspecified atom stereocenters. The van der Waals surface area contributed by atoms with Crippen LogP contribution in [0.3, 0.4) is 0 Å². The number of aryl methyl sites for hydroxylation is 1. The van der Waals surface area contributed by atoms with E-state index in [4.69, 9.17) is 4.74 Å². The summed E-state index contributed by atoms with van der Waals surface area (Å²) in [5, 5.41) is 17.6. The van der Waals surface area contributed by atoms with Crippen LogP contribution in [0.25, 0.3) is 11.3 Å². The number of aromatic hydroxyl groups is 1. The van der Waals surface area contributed by atoms with E-state index in [0.29, 0.717) is 42.1 Å². The van der Waals surface area contributed by atoms with Crippen molar-refractivity contribution in [2.24, 2.45) is 0 Å². The number of nitrogens with zero attached hydrogens (tertiary/aromatic N) is 2. The molecule has 150 valence electrons. The first-order valence-corrected chi connectivity index (χ1v) is 9.45. The highest BCUT2D eigenvalue weighted by atomic mass is 19.1. The van der Waals surface area contributed by atoms with Crippen LogP contribution in [0.2, 0.25) is 0 Å². The molecule has 6 nitrogen and oxygen atoms in total. The summed E-state index contributed by atoms with van der Waals surface area (Å²) >= 11 is 0. The summed E-state index contributed by atoms with van der Waals surface area (Å²) in [5.41, 5.74) is 3.92. The zero-order valence-electron chi connectivity index (χ0n) is 16.3. The van der Waals surface area contributed by atoms with Crippen LogP contribution in [-0.4, -0.2) is 46.4 Å². The Labute approximate surface area is 167 Å². The molecule has 0 saturated carbocycles. The number of nitrogens with one attached hydrogen (secondary N) is 1. The molecule has 0 saturated heterocycles. The fraction of sp³-hybridized carbons (Fsp3) is 0.273. The van der Waals surface area contributed by atoms with Gasteiger partial charge in [-0.1, -0.05) is 23.8 Å². The second kappa shape index (κ2) is 7.67. The number of carbonyl (C=O) groups excluding carboxylic acids is 1. The minimum atomic E-state index is -0.427. The number of rotatable bonds is 6. The van der Waals surface area contributed by atoms with Crippen molar-refractivity contribution >= 4 is 5.91 Å². The van der Waals surface area contributed by atoms with E-state index in [1.807, 2.05) is 19.1 Å². The molecule has 2 heterocycles. The molecule has 29 heavy (non-hydrogen) atoms. The number of aromatic amines is 1. The maximum Gasteiger partial charge on any atom is 0.273 e. The summed E-state index contributed by atoms with van der Waals surface area (Å²) < 4.78 is 18.7. The number of H-pyrrole nitrogens is 1. The largest absolute Gasteiger partial charge is 0.507 e. The molecule has 1 aliphatic heterocycles. The summed E-state index contributed by atoms with van der Waals surface area (Å²) in [6.07, 6.45) is 0.669. The molecule has 3 aromatic rings. The minimum Gasteiger partial charge on any atom is -0.507 e. The monoisotopic (exact) mass is 395 g/mol. The van der Waals surface area contributed by atoms with Gasteiger partial charge in [0.1, 0.15) is 23.0 Å². The lowest BCUT2D eigenvalue weighted by Crippen LogP contribution is -2.31. The predicted molar refractivity (Wildman–Crippen MR) is 106 cm³/mol. The van der Waals surface area contributed by atoms with E-state index in [9.17, 15) is 14.3 Å². The Hall–Kier alpha value is -3.19. The number of methoxy groups -OCH3 is 1. The van der Waals surface area contributed by atoms with Gasteiger partial charge in [-0.05, 0) is 43.2 Å². The quantitative estimate of drug-likeness (QED) is 0.622. The summed E-state index contributed by atoms with van der Waals surface area (Å²) in [7, 11) is 1.62. The first kappa shape index (κ1) is 19.1. The average molecular weight is 395 g/mol. The number of phenolic OH excluding ortho intramolecular Hbond substituents is 1. The van der Waals surface area contributed by atoms with Crippen molar-refractivity contribution in [2.45, 2.75) is 19.4 Å². The smallest absolute Gasteiger partial charge is 0.273 e. The maximum absolute atomic E-state index is 13.5. The zero-order chi connectivity index (χ0) is 20.5. The van der Waals surface area contributed by atoms with Crippen molar-refractivity contribution in [3.8, 4) is 17.0 Å². The van der Waals surface area contributed by atoms with E-state index in [-0.39, 0.29) is 17.5 Å². The number of amides is 1. The van der Waals surface area contributed by atoms with Crippen LogP contribution in [0.1, 0.15) is 39.6 Å². The van der Waals surface area contributed by atoms with Crippen LogP contribution in [0.4, 0.5) is 4.39 Å². The van der Waals surface area contributed by atoms with Gasteiger partial charge in [0.05, 0.1) is 6.04 Å². The number of ether oxygens (including phenoxy) is 1. The van der Waals surface area contributed by atoms with Gasteiger partial charge in [-0.15, -0.1) is 0 Å². The molecule has 0 bridgehead atoms. The summed E-state index contributed by atoms with van der Waals surface area (Å²) in [5.74, 6) is -0.419. The van der Waals surface area contributed by atoms with Crippen molar-refractivity contribution in [1.82, 2.24) is 15.1 Å². The van der Waals surface area contributed by atoms with E-state index < -0.39 is 6.04 Å². The summed E-state index contributed by atoms with van der Waals surface area (Å²) in [4.78, 5) is 14.9. The topological polar surface area (TPSA) is 78.5 Å². The van der Waals surface area contributed by atoms with E-state index in [0.717, 1.165) is 11.1 Å². The molecule has 0 aliphatic carbocycles. The van der Waals surface area contributed by atoms with Crippen LogP contribution in [0, 0.1) is 12.7 Å². The van der Waals surface area contributed by atoms with Gasteiger partial charge in [-0.25, -0.2) is 4.39 Å². The Morgan fingerprint density at radius 1 is 1.24 bits per heavy atom. The highest BCUT2D eigenvalue weighted by molar-refractivity contribution is 6.00. The molecule has 1 aliphatic rings. The van der Waals surface area contributed by atoms with E-state index in [1.165, 1.54) is 12.1 Å². The van der Waals surface area contributed by atoms with Crippen LogP contribution in [0.5, 0.6) is 5.75 Å². The van der Waals surface area contributed by atoms with E-state index in [1.54, 1.807) is 30.2 Å². The highest BCUT2D eigenvalue weighted by Crippen LogP contribution is 2.44. The van der Waals surface area contributed by atoms with Crippen LogP contribution >= 0.6 is 0 Å². The van der Waals surface area contributed by atoms with Crippen molar-refractivity contribution in [2.75, 3.05) is 20.3 Å². The molecule has 1 amide bonds. The second-order valence-electron chi connectivity index (χ2n) is 7.18. The molecule has 7 heteroatoms. The Morgan fingerprint density at radius 2 is 2.00 bits per heavy atom. The second-order valence-corrected chi connectivity index (χ2v) is 7.18. The fourth-order valence-electron chi connectivity index (χ4n) is 3.84. The summed E-state index contributed by atoms with van der Waals surface area (Å²) in [6.45, 7) is 2.93. The molecular formula is C22H22FN3O3. The lowest BCUT2D eigenvalue weighted by atomic mass is 9.95. The number of carbonyl (C=O) groups is 1. The lowest BCUT2D eigenvalue weighted by molar-refractivity contribution is 0.0723. The molecule has 0 spiro atoms. The minimum absolute atomic E-state index is 0.0908. The molecule has 2 N–H and O–H groups in total. The van der Waals surface area contributed by atoms with Crippen LogP contribution in [-0.2, 0) is 4.74 Å². The Bertz CT molecular complexity index is 1050. The molecule has 0 radical (unpaired) electrons. The number of hydrogen-bond donors (Lipinski definition) is 2. The Kier molecular flexibility index (Phi) is 5.07. The summed E-state index contributed by atoms with van der Waals surface area (Å²) in [6, 6.07) is 11.0. The van der Waals surface area contributed by atoms with Crippen molar-refractivity contribution in [3.63, 3.8) is 0 Å². The number of aromatic nitrogens is 2. The molecule has 4 rings (SSSR count). The molecule has 2 aromatic carbocycles. The number of benzene rings is 2. The van der Waals surface area contributed by atoms with E-state index in [2.05, 4.69) is 10.2 Å². The fourth-order valence-corrected chi connectivity index (χ4v) is 3.84. The Balaban J connectivity index is 1.85. The average Bonchev–Trinajstić information content (AvgIpc) is 3.24. The van der Waals surface area contributed by atoms with Crippen LogP contribution < -0.4 is 0 Å². The van der Waals surface area contributed by atoms with Crippen molar-refractivity contribution in [1.29, 1.82) is 0 Å². The maximum atomic E-state index is 13.5. The number of halogens is 1. The molecule has 1 atom stereocenters. The first-order valence-electron chi connectivity index (χ1n) is 9.45. The number of fused-ring (bicyclic) bond motifs is 1. The standard InChI is InChI=1S/C22H22FN3O3/c1-13-4-9-17(27)16(12-13)19-18-20(25-24-19)22(28)26(10-3-11-29-2)21(18)14-5-7-15(23)8-6-14/h4-9,12,21,27H,3,10-11H2,1-2H3,(H,24,25)/t21-/m1/s1. The SMILES string of the molecule is COCCCN1C(=O)c2[nH]nc(-c3cc(C)ccc3O)c2[C@H]1c1ccc(F)cc1. The van der Waals surface area contributed by atoms with Gasteiger partial charge in [-0.3, -0.25) is 9.89 Å². The first-order chi connectivity index (χ1) is 14.0. The molecule has 0 fully saturated rings. The van der Waals surface area contributed by atoms with Crippen LogP contribution in [0.15, 0.2) is 42.5 Å². The van der Waals surface area contributed by atoms with Crippen molar-refractivity contribution in [3.05, 3.63) is 70.7 Å². The third-order valence-corrected chi connectivity index (χ3v) is 5.20. The van der Waals surface area contributed by atoms with Gasteiger partial charge in [0.25, 0.3) is 5.91 Å². The Morgan fingerprint density at radius 3 is 2.72 bits per heavy atom. The predicted octanol–water partition coefficient (Wildman–Crippen LogP) is 3.81. The number of phenols is 1. The van der Waals surface area contributed by atoms with Gasteiger partial charge in [-0.2, -0.15) is 5.10 Å².